The molecule has 0 amide bonds. The van der Waals surface area contributed by atoms with Crippen LogP contribution in [0.4, 0.5) is 20.2 Å². The first kappa shape index (κ1) is 15.1. The Bertz CT molecular complexity index is 936. The van der Waals surface area contributed by atoms with Gasteiger partial charge in [0.05, 0.1) is 16.8 Å². The van der Waals surface area contributed by atoms with Gasteiger partial charge in [0.1, 0.15) is 0 Å². The van der Waals surface area contributed by atoms with E-state index >= 15 is 0 Å². The molecule has 2 N–H and O–H groups in total. The highest BCUT2D eigenvalue weighted by Crippen LogP contribution is 2.30. The number of rotatable bonds is 4. The smallest absolute Gasteiger partial charge is 0.337 e. The van der Waals surface area contributed by atoms with Gasteiger partial charge in [-0.25, -0.2) is 13.6 Å². The van der Waals surface area contributed by atoms with Crippen LogP contribution in [0.15, 0.2) is 35.7 Å². The van der Waals surface area contributed by atoms with E-state index in [2.05, 4.69) is 5.32 Å². The van der Waals surface area contributed by atoms with Gasteiger partial charge in [-0.3, -0.25) is 4.79 Å². The lowest BCUT2D eigenvalue weighted by molar-refractivity contribution is 0.0697. The van der Waals surface area contributed by atoms with Gasteiger partial charge in [0.25, 0.3) is 0 Å². The summed E-state index contributed by atoms with van der Waals surface area (Å²) >= 11 is 1.53. The Labute approximate surface area is 133 Å². The number of nitrogens with one attached hydrogen (secondary N) is 1. The van der Waals surface area contributed by atoms with Crippen LogP contribution in [-0.4, -0.2) is 17.4 Å². The predicted octanol–water partition coefficient (Wildman–Crippen LogP) is 4.43. The van der Waals surface area contributed by atoms with Crippen LogP contribution < -0.4 is 5.32 Å². The largest absolute Gasteiger partial charge is 0.478 e. The quantitative estimate of drug-likeness (QED) is 0.693. The van der Waals surface area contributed by atoms with E-state index in [1.807, 2.05) is 11.4 Å². The van der Waals surface area contributed by atoms with Crippen LogP contribution in [0.5, 0.6) is 0 Å². The lowest BCUT2D eigenvalue weighted by Gasteiger charge is -2.12. The Balaban J connectivity index is 2.12. The number of aldehydes is 1. The summed E-state index contributed by atoms with van der Waals surface area (Å²) in [6.07, 6.45) is 0.0754. The van der Waals surface area contributed by atoms with E-state index in [0.717, 1.165) is 16.2 Å². The fourth-order valence-corrected chi connectivity index (χ4v) is 2.98. The maximum atomic E-state index is 14.2. The number of carboxylic acids is 1. The van der Waals surface area contributed by atoms with Crippen LogP contribution in [0, 0.1) is 11.6 Å². The van der Waals surface area contributed by atoms with Crippen LogP contribution in [0.1, 0.15) is 20.7 Å². The normalized spacial score (nSPS) is 10.7. The SMILES string of the molecule is O=Cc1cc(C(=O)O)c(Nc2ccc3sccc3c2)c(F)c1F. The summed E-state index contributed by atoms with van der Waals surface area (Å²) in [5.41, 5.74) is -1.26. The van der Waals surface area contributed by atoms with E-state index in [0.29, 0.717) is 5.69 Å². The van der Waals surface area contributed by atoms with Gasteiger partial charge in [0, 0.05) is 10.4 Å². The minimum Gasteiger partial charge on any atom is -0.478 e. The number of fused-ring (bicyclic) bond motifs is 1. The van der Waals surface area contributed by atoms with Crippen LogP contribution >= 0.6 is 11.3 Å². The molecule has 4 nitrogen and oxygen atoms in total. The summed E-state index contributed by atoms with van der Waals surface area (Å²) < 4.78 is 28.9. The van der Waals surface area contributed by atoms with Gasteiger partial charge < -0.3 is 10.4 Å². The number of aromatic carboxylic acids is 1. The molecule has 23 heavy (non-hydrogen) atoms. The molecule has 0 atom stereocenters. The molecule has 0 aliphatic rings. The average Bonchev–Trinajstić information content (AvgIpc) is 2.99. The van der Waals surface area contributed by atoms with Crippen molar-refractivity contribution in [2.45, 2.75) is 0 Å². The minimum atomic E-state index is -1.47. The molecule has 0 saturated carbocycles. The molecular formula is C16H9F2NO3S. The highest BCUT2D eigenvalue weighted by atomic mass is 32.1. The first-order valence-electron chi connectivity index (χ1n) is 6.46. The molecule has 0 fully saturated rings. The van der Waals surface area contributed by atoms with Crippen molar-refractivity contribution in [3.05, 3.63) is 58.5 Å². The molecule has 1 aromatic heterocycles. The molecule has 1 heterocycles. The molecule has 0 aliphatic heterocycles. The van der Waals surface area contributed by atoms with E-state index in [1.165, 1.54) is 11.3 Å². The fourth-order valence-electron chi connectivity index (χ4n) is 2.21. The average molecular weight is 333 g/mol. The number of carboxylic acid groups (broad SMARTS) is 1. The van der Waals surface area contributed by atoms with E-state index in [9.17, 15) is 23.5 Å². The number of carbonyl (C=O) groups excluding carboxylic acids is 1. The summed E-state index contributed by atoms with van der Waals surface area (Å²) in [6.45, 7) is 0. The van der Waals surface area contributed by atoms with Crippen molar-refractivity contribution in [3.63, 3.8) is 0 Å². The van der Waals surface area contributed by atoms with Crippen LogP contribution in [-0.2, 0) is 0 Å². The summed E-state index contributed by atoms with van der Waals surface area (Å²) in [7, 11) is 0. The molecule has 7 heteroatoms. The Morgan fingerprint density at radius 3 is 2.65 bits per heavy atom. The van der Waals surface area contributed by atoms with E-state index < -0.39 is 34.4 Å². The van der Waals surface area contributed by atoms with Crippen molar-refractivity contribution in [2.75, 3.05) is 5.32 Å². The first-order chi connectivity index (χ1) is 11.0. The Morgan fingerprint density at radius 2 is 1.96 bits per heavy atom. The van der Waals surface area contributed by atoms with E-state index in [-0.39, 0.29) is 6.29 Å². The van der Waals surface area contributed by atoms with Crippen molar-refractivity contribution < 1.29 is 23.5 Å². The summed E-state index contributed by atoms with van der Waals surface area (Å²) in [4.78, 5) is 22.0. The van der Waals surface area contributed by atoms with Crippen LogP contribution in [0.2, 0.25) is 0 Å². The fraction of sp³-hybridized carbons (Fsp3) is 0. The maximum Gasteiger partial charge on any atom is 0.337 e. The van der Waals surface area contributed by atoms with E-state index in [1.54, 1.807) is 18.2 Å². The third kappa shape index (κ3) is 2.66. The summed E-state index contributed by atoms with van der Waals surface area (Å²) in [5.74, 6) is -4.26. The third-order valence-electron chi connectivity index (χ3n) is 3.31. The van der Waals surface area contributed by atoms with E-state index in [4.69, 9.17) is 0 Å². The zero-order chi connectivity index (χ0) is 16.6. The first-order valence-corrected chi connectivity index (χ1v) is 7.34. The number of anilines is 2. The number of hydrogen-bond donors (Lipinski definition) is 2. The number of halogens is 2. The Kier molecular flexibility index (Phi) is 3.79. The van der Waals surface area contributed by atoms with Gasteiger partial charge in [-0.1, -0.05) is 0 Å². The van der Waals surface area contributed by atoms with Crippen LogP contribution in [0.25, 0.3) is 10.1 Å². The summed E-state index contributed by atoms with van der Waals surface area (Å²) in [6, 6.07) is 7.78. The standard InChI is InChI=1S/C16H9F2NO3S/c17-13-9(7-20)6-11(16(21)22)15(14(13)18)19-10-1-2-12-8(5-10)3-4-23-12/h1-7,19H,(H,21,22). The summed E-state index contributed by atoms with van der Waals surface area (Å²) in [5, 5.41) is 14.5. The molecule has 0 spiro atoms. The Hall–Kier alpha value is -2.80. The molecule has 0 aliphatic carbocycles. The minimum absolute atomic E-state index is 0.0754. The topological polar surface area (TPSA) is 66.4 Å². The zero-order valence-electron chi connectivity index (χ0n) is 11.5. The number of carbonyl (C=O) groups is 2. The highest BCUT2D eigenvalue weighted by Gasteiger charge is 2.22. The monoisotopic (exact) mass is 333 g/mol. The lowest BCUT2D eigenvalue weighted by atomic mass is 10.1. The molecule has 116 valence electrons. The van der Waals surface area contributed by atoms with Gasteiger partial charge in [-0.05, 0) is 41.1 Å². The number of thiophene rings is 1. The van der Waals surface area contributed by atoms with Gasteiger partial charge >= 0.3 is 5.97 Å². The van der Waals surface area contributed by atoms with Crippen LogP contribution in [0.3, 0.4) is 0 Å². The lowest BCUT2D eigenvalue weighted by Crippen LogP contribution is -2.09. The second kappa shape index (κ2) is 5.77. The highest BCUT2D eigenvalue weighted by molar-refractivity contribution is 7.17. The zero-order valence-corrected chi connectivity index (χ0v) is 12.3. The van der Waals surface area contributed by atoms with Crippen molar-refractivity contribution in [2.24, 2.45) is 0 Å². The molecule has 0 unspecified atom stereocenters. The van der Waals surface area contributed by atoms with Gasteiger partial charge in [0.15, 0.2) is 17.9 Å². The third-order valence-corrected chi connectivity index (χ3v) is 4.21. The number of hydrogen-bond acceptors (Lipinski definition) is 4. The molecular weight excluding hydrogens is 324 g/mol. The van der Waals surface area contributed by atoms with Crippen molar-refractivity contribution in [3.8, 4) is 0 Å². The molecule has 2 aromatic carbocycles. The second-order valence-electron chi connectivity index (χ2n) is 4.74. The molecule has 3 aromatic rings. The maximum absolute atomic E-state index is 14.2. The predicted molar refractivity (Wildman–Crippen MR) is 83.8 cm³/mol. The van der Waals surface area contributed by atoms with Crippen molar-refractivity contribution in [1.29, 1.82) is 0 Å². The van der Waals surface area contributed by atoms with Gasteiger partial charge in [-0.2, -0.15) is 0 Å². The molecule has 0 saturated heterocycles. The second-order valence-corrected chi connectivity index (χ2v) is 5.69. The molecule has 0 radical (unpaired) electrons. The van der Waals surface area contributed by atoms with Crippen molar-refractivity contribution >= 4 is 45.1 Å². The number of benzene rings is 2. The van der Waals surface area contributed by atoms with Gasteiger partial charge in [-0.15, -0.1) is 11.3 Å². The molecule has 0 bridgehead atoms. The van der Waals surface area contributed by atoms with Gasteiger partial charge in [0.2, 0.25) is 0 Å². The van der Waals surface area contributed by atoms with Crippen molar-refractivity contribution in [1.82, 2.24) is 0 Å². The molecule has 3 rings (SSSR count). The Morgan fingerprint density at radius 1 is 1.17 bits per heavy atom.